The van der Waals surface area contributed by atoms with Crippen LogP contribution in [0.5, 0.6) is 0 Å². The van der Waals surface area contributed by atoms with E-state index in [2.05, 4.69) is 46.3 Å². The van der Waals surface area contributed by atoms with Crippen LogP contribution in [0.3, 0.4) is 0 Å². The zero-order valence-corrected chi connectivity index (χ0v) is 14.8. The average Bonchev–Trinajstić information content (AvgIpc) is 3.03. The van der Waals surface area contributed by atoms with Crippen LogP contribution in [-0.2, 0) is 6.42 Å². The van der Waals surface area contributed by atoms with E-state index in [9.17, 15) is 0 Å². The third-order valence-corrected chi connectivity index (χ3v) is 5.29. The van der Waals surface area contributed by atoms with E-state index in [0.717, 1.165) is 35.3 Å². The molecule has 3 aromatic rings. The van der Waals surface area contributed by atoms with Gasteiger partial charge in [0.15, 0.2) is 11.5 Å². The first kappa shape index (κ1) is 16.1. The minimum atomic E-state index is 0.541. The molecule has 0 bridgehead atoms. The topological polar surface area (TPSA) is 70.8 Å². The van der Waals surface area contributed by atoms with Gasteiger partial charge < -0.3 is 10.6 Å². The summed E-state index contributed by atoms with van der Waals surface area (Å²) in [5, 5.41) is 8.10. The summed E-state index contributed by atoms with van der Waals surface area (Å²) in [7, 11) is 0. The number of benzene rings is 1. The van der Waals surface area contributed by atoms with E-state index in [1.807, 2.05) is 6.07 Å². The van der Waals surface area contributed by atoms with Crippen molar-refractivity contribution in [2.45, 2.75) is 32.6 Å². The molecule has 0 saturated carbocycles. The highest BCUT2D eigenvalue weighted by Gasteiger charge is 2.18. The van der Waals surface area contributed by atoms with Crippen LogP contribution in [0, 0.1) is 6.92 Å². The molecule has 0 spiro atoms. The van der Waals surface area contributed by atoms with E-state index in [1.165, 1.54) is 43.5 Å². The van der Waals surface area contributed by atoms with Crippen molar-refractivity contribution in [2.75, 3.05) is 25.4 Å². The summed E-state index contributed by atoms with van der Waals surface area (Å²) in [6, 6.07) is 10.4. The standard InChI is InChI=1S/C20H25N5/c1-14-16(10-13-25-11-6-3-7-12-25)18(15-8-4-2-5-9-15)22-20-17(14)19(21)23-24-20/h2,4-5,8-9H,3,6-7,10-13H2,1H3,(H3,21,22,23,24). The summed E-state index contributed by atoms with van der Waals surface area (Å²) < 4.78 is 0. The van der Waals surface area contributed by atoms with Gasteiger partial charge in [0.1, 0.15) is 0 Å². The molecular weight excluding hydrogens is 310 g/mol. The first-order valence-electron chi connectivity index (χ1n) is 9.15. The monoisotopic (exact) mass is 335 g/mol. The van der Waals surface area contributed by atoms with Crippen LogP contribution < -0.4 is 5.73 Å². The van der Waals surface area contributed by atoms with Gasteiger partial charge in [-0.2, -0.15) is 5.10 Å². The van der Waals surface area contributed by atoms with Gasteiger partial charge in [0, 0.05) is 12.1 Å². The third-order valence-electron chi connectivity index (χ3n) is 5.29. The number of nitrogens with zero attached hydrogens (tertiary/aromatic N) is 3. The van der Waals surface area contributed by atoms with Crippen molar-refractivity contribution in [3.05, 3.63) is 41.5 Å². The second-order valence-corrected chi connectivity index (χ2v) is 6.91. The van der Waals surface area contributed by atoms with E-state index in [-0.39, 0.29) is 0 Å². The van der Waals surface area contributed by atoms with Gasteiger partial charge in [-0.3, -0.25) is 5.10 Å². The highest BCUT2D eigenvalue weighted by molar-refractivity contribution is 5.92. The molecule has 0 radical (unpaired) electrons. The summed E-state index contributed by atoms with van der Waals surface area (Å²) in [5.74, 6) is 0.541. The van der Waals surface area contributed by atoms with Crippen LogP contribution >= 0.6 is 0 Å². The largest absolute Gasteiger partial charge is 0.382 e. The van der Waals surface area contributed by atoms with Gasteiger partial charge in [0.2, 0.25) is 0 Å². The van der Waals surface area contributed by atoms with Crippen LogP contribution in [0.4, 0.5) is 5.82 Å². The number of pyridine rings is 1. The highest BCUT2D eigenvalue weighted by Crippen LogP contribution is 2.31. The van der Waals surface area contributed by atoms with E-state index in [4.69, 9.17) is 10.7 Å². The molecule has 4 rings (SSSR count). The van der Waals surface area contributed by atoms with Crippen molar-refractivity contribution in [1.29, 1.82) is 0 Å². The Hall–Kier alpha value is -2.40. The lowest BCUT2D eigenvalue weighted by atomic mass is 9.96. The number of anilines is 1. The summed E-state index contributed by atoms with van der Waals surface area (Å²) in [6.07, 6.45) is 4.99. The minimum absolute atomic E-state index is 0.541. The smallest absolute Gasteiger partial charge is 0.158 e. The average molecular weight is 335 g/mol. The number of H-pyrrole nitrogens is 1. The van der Waals surface area contributed by atoms with Crippen LogP contribution in [-0.4, -0.2) is 39.7 Å². The molecule has 1 aromatic carbocycles. The Kier molecular flexibility index (Phi) is 4.40. The first-order valence-corrected chi connectivity index (χ1v) is 9.15. The minimum Gasteiger partial charge on any atom is -0.382 e. The fourth-order valence-electron chi connectivity index (χ4n) is 3.90. The number of nitrogens with one attached hydrogen (secondary N) is 1. The van der Waals surface area contributed by atoms with Crippen LogP contribution in [0.15, 0.2) is 30.3 Å². The molecule has 5 heteroatoms. The molecule has 3 heterocycles. The summed E-state index contributed by atoms with van der Waals surface area (Å²) in [5.41, 5.74) is 11.5. The Balaban J connectivity index is 1.76. The predicted octanol–water partition coefficient (Wildman–Crippen LogP) is 3.54. The number of aryl methyl sites for hydroxylation is 1. The van der Waals surface area contributed by atoms with Gasteiger partial charge in [-0.15, -0.1) is 0 Å². The first-order chi connectivity index (χ1) is 12.2. The van der Waals surface area contributed by atoms with E-state index in [0.29, 0.717) is 5.82 Å². The van der Waals surface area contributed by atoms with Gasteiger partial charge in [0.05, 0.1) is 11.1 Å². The maximum Gasteiger partial charge on any atom is 0.158 e. The maximum absolute atomic E-state index is 6.08. The normalized spacial score (nSPS) is 15.7. The quantitative estimate of drug-likeness (QED) is 0.765. The van der Waals surface area contributed by atoms with E-state index < -0.39 is 0 Å². The second kappa shape index (κ2) is 6.84. The zero-order chi connectivity index (χ0) is 17.2. The number of likely N-dealkylation sites (tertiary alicyclic amines) is 1. The number of fused-ring (bicyclic) bond motifs is 1. The molecule has 5 nitrogen and oxygen atoms in total. The van der Waals surface area contributed by atoms with Crippen LogP contribution in [0.1, 0.15) is 30.4 Å². The van der Waals surface area contributed by atoms with Crippen LogP contribution in [0.25, 0.3) is 22.3 Å². The Morgan fingerprint density at radius 1 is 1.12 bits per heavy atom. The van der Waals surface area contributed by atoms with Gasteiger partial charge in [0.25, 0.3) is 0 Å². The zero-order valence-electron chi connectivity index (χ0n) is 14.8. The molecule has 0 atom stereocenters. The second-order valence-electron chi connectivity index (χ2n) is 6.91. The molecule has 25 heavy (non-hydrogen) atoms. The molecule has 1 aliphatic rings. The maximum atomic E-state index is 6.08. The van der Waals surface area contributed by atoms with Crippen molar-refractivity contribution in [3.8, 4) is 11.3 Å². The lowest BCUT2D eigenvalue weighted by Crippen LogP contribution is -2.31. The van der Waals surface area contributed by atoms with Crippen LogP contribution in [0.2, 0.25) is 0 Å². The Labute approximate surface area is 148 Å². The molecule has 0 aliphatic carbocycles. The lowest BCUT2D eigenvalue weighted by Gasteiger charge is -2.27. The molecule has 2 aromatic heterocycles. The lowest BCUT2D eigenvalue weighted by molar-refractivity contribution is 0.231. The van der Waals surface area contributed by atoms with Crippen molar-refractivity contribution >= 4 is 16.9 Å². The number of aromatic amines is 1. The molecular formula is C20H25N5. The number of piperidine rings is 1. The Bertz CT molecular complexity index is 863. The highest BCUT2D eigenvalue weighted by atomic mass is 15.2. The summed E-state index contributed by atoms with van der Waals surface area (Å²) in [4.78, 5) is 7.44. The van der Waals surface area contributed by atoms with E-state index >= 15 is 0 Å². The Morgan fingerprint density at radius 2 is 1.88 bits per heavy atom. The third kappa shape index (κ3) is 3.12. The summed E-state index contributed by atoms with van der Waals surface area (Å²) in [6.45, 7) is 5.64. The molecule has 0 unspecified atom stereocenters. The Morgan fingerprint density at radius 3 is 2.64 bits per heavy atom. The fraction of sp³-hybridized carbons (Fsp3) is 0.400. The number of hydrogen-bond donors (Lipinski definition) is 2. The van der Waals surface area contributed by atoms with Crippen molar-refractivity contribution in [2.24, 2.45) is 0 Å². The number of nitrogens with two attached hydrogens (primary N) is 1. The molecule has 1 aliphatic heterocycles. The van der Waals surface area contributed by atoms with Gasteiger partial charge >= 0.3 is 0 Å². The van der Waals surface area contributed by atoms with Crippen molar-refractivity contribution < 1.29 is 0 Å². The van der Waals surface area contributed by atoms with E-state index in [1.54, 1.807) is 0 Å². The summed E-state index contributed by atoms with van der Waals surface area (Å²) >= 11 is 0. The molecule has 0 amide bonds. The number of hydrogen-bond acceptors (Lipinski definition) is 4. The predicted molar refractivity (Wildman–Crippen MR) is 102 cm³/mol. The number of aromatic nitrogens is 3. The van der Waals surface area contributed by atoms with Gasteiger partial charge in [-0.1, -0.05) is 36.8 Å². The molecule has 1 fully saturated rings. The fourth-order valence-corrected chi connectivity index (χ4v) is 3.90. The van der Waals surface area contributed by atoms with Gasteiger partial charge in [-0.05, 0) is 50.4 Å². The number of nitrogen functional groups attached to an aromatic ring is 1. The SMILES string of the molecule is Cc1c(CCN2CCCCC2)c(-c2ccccc2)nc2[nH]nc(N)c12. The number of rotatable bonds is 4. The van der Waals surface area contributed by atoms with Gasteiger partial charge in [-0.25, -0.2) is 4.98 Å². The van der Waals surface area contributed by atoms with Crippen molar-refractivity contribution in [3.63, 3.8) is 0 Å². The molecule has 1 saturated heterocycles. The molecule has 130 valence electrons. The molecule has 3 N–H and O–H groups in total. The van der Waals surface area contributed by atoms with Crippen molar-refractivity contribution in [1.82, 2.24) is 20.1 Å².